The molecule has 0 N–H and O–H groups in total. The predicted molar refractivity (Wildman–Crippen MR) is 86.4 cm³/mol. The molecule has 20 heavy (non-hydrogen) atoms. The molecule has 0 bridgehead atoms. The fourth-order valence-corrected chi connectivity index (χ4v) is 3.25. The van der Waals surface area contributed by atoms with E-state index in [1.807, 2.05) is 19.2 Å². The number of aliphatic imine (C=N–C) groups is 1. The summed E-state index contributed by atoms with van der Waals surface area (Å²) in [6, 6.07) is 14.4. The van der Waals surface area contributed by atoms with Crippen molar-refractivity contribution in [1.29, 1.82) is 0 Å². The van der Waals surface area contributed by atoms with E-state index in [4.69, 9.17) is 23.2 Å². The average Bonchev–Trinajstić information content (AvgIpc) is 2.49. The van der Waals surface area contributed by atoms with Crippen LogP contribution in [0.2, 0.25) is 10.0 Å². The third-order valence-corrected chi connectivity index (χ3v) is 4.65. The Balaban J connectivity index is 2.05. The highest BCUT2D eigenvalue weighted by Crippen LogP contribution is 2.35. The average molecular weight is 304 g/mol. The van der Waals surface area contributed by atoms with Gasteiger partial charge in [0.15, 0.2) is 0 Å². The molecule has 3 rings (SSSR count). The van der Waals surface area contributed by atoms with Crippen LogP contribution >= 0.6 is 23.2 Å². The lowest BCUT2D eigenvalue weighted by Crippen LogP contribution is -2.21. The molecule has 3 heteroatoms. The number of rotatable bonds is 1. The fourth-order valence-electron chi connectivity index (χ4n) is 2.94. The predicted octanol–water partition coefficient (Wildman–Crippen LogP) is 5.14. The van der Waals surface area contributed by atoms with Crippen molar-refractivity contribution < 1.29 is 0 Å². The fraction of sp³-hybridized carbons (Fsp3) is 0.235. The Morgan fingerprint density at radius 1 is 1.05 bits per heavy atom. The Hall–Kier alpha value is -1.31. The number of hydrogen-bond acceptors (Lipinski definition) is 1. The third kappa shape index (κ3) is 2.36. The van der Waals surface area contributed by atoms with Gasteiger partial charge in [0, 0.05) is 18.7 Å². The van der Waals surface area contributed by atoms with Gasteiger partial charge >= 0.3 is 0 Å². The Morgan fingerprint density at radius 3 is 2.60 bits per heavy atom. The van der Waals surface area contributed by atoms with Gasteiger partial charge in [-0.15, -0.1) is 0 Å². The van der Waals surface area contributed by atoms with Gasteiger partial charge in [0.25, 0.3) is 0 Å². The maximum atomic E-state index is 6.15. The van der Waals surface area contributed by atoms with Crippen LogP contribution in [-0.2, 0) is 6.42 Å². The van der Waals surface area contributed by atoms with Crippen LogP contribution in [0.5, 0.6) is 0 Å². The van der Waals surface area contributed by atoms with E-state index in [1.165, 1.54) is 16.7 Å². The highest BCUT2D eigenvalue weighted by Gasteiger charge is 2.26. The molecule has 0 heterocycles. The van der Waals surface area contributed by atoms with Gasteiger partial charge < -0.3 is 0 Å². The summed E-state index contributed by atoms with van der Waals surface area (Å²) in [5, 5.41) is 1.21. The molecule has 1 nitrogen and oxygen atoms in total. The molecule has 0 amide bonds. The van der Waals surface area contributed by atoms with Crippen LogP contribution < -0.4 is 0 Å². The van der Waals surface area contributed by atoms with Crippen molar-refractivity contribution in [3.05, 3.63) is 69.2 Å². The normalized spacial score (nSPS) is 19.9. The number of halogens is 2. The van der Waals surface area contributed by atoms with Gasteiger partial charge in [-0.05, 0) is 41.7 Å². The molecule has 1 atom stereocenters. The van der Waals surface area contributed by atoms with Gasteiger partial charge in [0.05, 0.1) is 10.0 Å². The van der Waals surface area contributed by atoms with Crippen molar-refractivity contribution >= 4 is 28.9 Å². The second-order valence-corrected chi connectivity index (χ2v) is 5.85. The zero-order valence-corrected chi connectivity index (χ0v) is 12.7. The van der Waals surface area contributed by atoms with Crippen LogP contribution in [0.3, 0.4) is 0 Å². The van der Waals surface area contributed by atoms with Crippen LogP contribution in [0.25, 0.3) is 0 Å². The molecule has 1 unspecified atom stereocenters. The van der Waals surface area contributed by atoms with Crippen LogP contribution in [0.1, 0.15) is 29.0 Å². The van der Waals surface area contributed by atoms with E-state index in [1.54, 1.807) is 0 Å². The minimum Gasteiger partial charge on any atom is -0.292 e. The number of aryl methyl sites for hydroxylation is 1. The third-order valence-electron chi connectivity index (χ3n) is 3.91. The summed E-state index contributed by atoms with van der Waals surface area (Å²) in [5.41, 5.74) is 4.97. The second kappa shape index (κ2) is 5.59. The van der Waals surface area contributed by atoms with E-state index in [-0.39, 0.29) is 0 Å². The minimum absolute atomic E-state index is 0.296. The molecular weight excluding hydrogens is 289 g/mol. The van der Waals surface area contributed by atoms with Crippen molar-refractivity contribution in [3.63, 3.8) is 0 Å². The largest absolute Gasteiger partial charge is 0.292 e. The lowest BCUT2D eigenvalue weighted by atomic mass is 9.78. The van der Waals surface area contributed by atoms with Gasteiger partial charge in [-0.1, -0.05) is 53.5 Å². The van der Waals surface area contributed by atoms with Crippen LogP contribution in [-0.4, -0.2) is 12.8 Å². The molecular formula is C17H15Cl2N. The van der Waals surface area contributed by atoms with E-state index in [2.05, 4.69) is 35.3 Å². The van der Waals surface area contributed by atoms with Crippen LogP contribution in [0.4, 0.5) is 0 Å². The molecule has 0 radical (unpaired) electrons. The summed E-state index contributed by atoms with van der Waals surface area (Å²) in [6.07, 6.45) is 2.13. The summed E-state index contributed by atoms with van der Waals surface area (Å²) < 4.78 is 0. The molecule has 0 saturated carbocycles. The van der Waals surface area contributed by atoms with Crippen molar-refractivity contribution in [2.75, 3.05) is 7.05 Å². The molecule has 0 spiro atoms. The second-order valence-electron chi connectivity index (χ2n) is 5.03. The molecule has 0 saturated heterocycles. The summed E-state index contributed by atoms with van der Waals surface area (Å²) in [5.74, 6) is 0.296. The summed E-state index contributed by atoms with van der Waals surface area (Å²) in [6.45, 7) is 0. The zero-order valence-electron chi connectivity index (χ0n) is 11.2. The summed E-state index contributed by atoms with van der Waals surface area (Å²) >= 11 is 12.2. The minimum atomic E-state index is 0.296. The number of hydrogen-bond donors (Lipinski definition) is 0. The summed E-state index contributed by atoms with van der Waals surface area (Å²) in [4.78, 5) is 4.54. The molecule has 2 aromatic rings. The Morgan fingerprint density at radius 2 is 1.85 bits per heavy atom. The first-order valence-electron chi connectivity index (χ1n) is 6.70. The van der Waals surface area contributed by atoms with Crippen molar-refractivity contribution in [2.45, 2.75) is 18.8 Å². The van der Waals surface area contributed by atoms with Gasteiger partial charge in [-0.3, -0.25) is 4.99 Å². The maximum absolute atomic E-state index is 6.15. The molecule has 0 aromatic heterocycles. The first-order chi connectivity index (χ1) is 9.70. The van der Waals surface area contributed by atoms with E-state index in [9.17, 15) is 0 Å². The molecule has 1 aliphatic rings. The van der Waals surface area contributed by atoms with Crippen molar-refractivity contribution in [3.8, 4) is 0 Å². The smallest absolute Gasteiger partial charge is 0.0595 e. The maximum Gasteiger partial charge on any atom is 0.0595 e. The SMILES string of the molecule is CN=C1c2ccccc2CCC1c1ccc(Cl)c(Cl)c1. The van der Waals surface area contributed by atoms with Crippen molar-refractivity contribution in [2.24, 2.45) is 4.99 Å². The molecule has 0 fully saturated rings. The number of benzene rings is 2. The lowest BCUT2D eigenvalue weighted by Gasteiger charge is -2.27. The van der Waals surface area contributed by atoms with Gasteiger partial charge in [0.1, 0.15) is 0 Å². The highest BCUT2D eigenvalue weighted by atomic mass is 35.5. The van der Waals surface area contributed by atoms with Crippen LogP contribution in [0.15, 0.2) is 47.5 Å². The zero-order chi connectivity index (χ0) is 14.1. The topological polar surface area (TPSA) is 12.4 Å². The number of nitrogens with zero attached hydrogens (tertiary/aromatic N) is 1. The Bertz CT molecular complexity index is 676. The van der Waals surface area contributed by atoms with Crippen molar-refractivity contribution in [1.82, 2.24) is 0 Å². The van der Waals surface area contributed by atoms with E-state index in [0.29, 0.717) is 16.0 Å². The first kappa shape index (κ1) is 13.7. The highest BCUT2D eigenvalue weighted by molar-refractivity contribution is 6.42. The molecule has 1 aliphatic carbocycles. The quantitative estimate of drug-likeness (QED) is 0.691. The Kier molecular flexibility index (Phi) is 3.82. The first-order valence-corrected chi connectivity index (χ1v) is 7.46. The molecule has 102 valence electrons. The van der Waals surface area contributed by atoms with E-state index >= 15 is 0 Å². The standard InChI is InChI=1S/C17H15Cl2N/c1-20-17-13-5-3-2-4-11(13)6-8-14(17)12-7-9-15(18)16(19)10-12/h2-5,7,9-10,14H,6,8H2,1H3. The van der Waals surface area contributed by atoms with Gasteiger partial charge in [-0.25, -0.2) is 0 Å². The summed E-state index contributed by atoms with van der Waals surface area (Å²) in [7, 11) is 1.86. The monoisotopic (exact) mass is 303 g/mol. The lowest BCUT2D eigenvalue weighted by molar-refractivity contribution is 0.742. The Labute approximate surface area is 129 Å². The van der Waals surface area contributed by atoms with E-state index < -0.39 is 0 Å². The molecule has 0 aliphatic heterocycles. The van der Waals surface area contributed by atoms with Gasteiger partial charge in [0.2, 0.25) is 0 Å². The van der Waals surface area contributed by atoms with Crippen LogP contribution in [0, 0.1) is 0 Å². The number of fused-ring (bicyclic) bond motifs is 1. The molecule has 2 aromatic carbocycles. The van der Waals surface area contributed by atoms with E-state index in [0.717, 1.165) is 18.6 Å². The van der Waals surface area contributed by atoms with Gasteiger partial charge in [-0.2, -0.15) is 0 Å².